The Balaban J connectivity index is 1.61. The summed E-state index contributed by atoms with van der Waals surface area (Å²) in [6.45, 7) is 0.257. The number of benzene rings is 2. The molecule has 1 aromatic heterocycles. The summed E-state index contributed by atoms with van der Waals surface area (Å²) in [4.78, 5) is 14.8. The number of fused-ring (bicyclic) bond motifs is 1. The van der Waals surface area contributed by atoms with Gasteiger partial charge in [0.15, 0.2) is 0 Å². The number of hydrogen-bond donors (Lipinski definition) is 2. The monoisotopic (exact) mass is 266 g/mol. The summed E-state index contributed by atoms with van der Waals surface area (Å²) in [6, 6.07) is 19.3. The first kappa shape index (κ1) is 12.3. The van der Waals surface area contributed by atoms with Gasteiger partial charge in [-0.1, -0.05) is 48.5 Å². The maximum absolute atomic E-state index is 11.7. The molecule has 2 aromatic carbocycles. The number of hydrogen-bond acceptors (Lipinski definition) is 2. The van der Waals surface area contributed by atoms with Crippen LogP contribution in [0.15, 0.2) is 60.7 Å². The highest BCUT2D eigenvalue weighted by Gasteiger charge is 2.06. The van der Waals surface area contributed by atoms with Crippen LogP contribution in [-0.4, -0.2) is 11.1 Å². The van der Waals surface area contributed by atoms with E-state index in [4.69, 9.17) is 4.74 Å². The summed E-state index contributed by atoms with van der Waals surface area (Å²) in [5.74, 6) is 0.629. The second-order valence-electron chi connectivity index (χ2n) is 4.46. The summed E-state index contributed by atoms with van der Waals surface area (Å²) in [7, 11) is 0. The molecule has 4 heteroatoms. The number of carbonyl (C=O) groups excluding carboxylic acids is 1. The SMILES string of the molecule is O=C(Nc1cc2ccccc2[nH]1)OCc1ccccc1. The van der Waals surface area contributed by atoms with E-state index in [0.29, 0.717) is 5.82 Å². The topological polar surface area (TPSA) is 54.1 Å². The van der Waals surface area contributed by atoms with Crippen LogP contribution in [0.3, 0.4) is 0 Å². The van der Waals surface area contributed by atoms with E-state index in [-0.39, 0.29) is 6.61 Å². The van der Waals surface area contributed by atoms with E-state index in [1.54, 1.807) is 0 Å². The molecule has 1 amide bonds. The predicted molar refractivity (Wildman–Crippen MR) is 78.5 cm³/mol. The van der Waals surface area contributed by atoms with Crippen molar-refractivity contribution in [2.24, 2.45) is 0 Å². The summed E-state index contributed by atoms with van der Waals surface area (Å²) in [5.41, 5.74) is 1.94. The number of carbonyl (C=O) groups is 1. The number of H-pyrrole nitrogens is 1. The molecule has 0 saturated carbocycles. The second kappa shape index (κ2) is 5.48. The lowest BCUT2D eigenvalue weighted by molar-refractivity contribution is 0.155. The van der Waals surface area contributed by atoms with E-state index < -0.39 is 6.09 Å². The highest BCUT2D eigenvalue weighted by molar-refractivity contribution is 5.90. The zero-order valence-corrected chi connectivity index (χ0v) is 10.8. The molecule has 0 aliphatic heterocycles. The molecule has 3 aromatic rings. The number of aromatic nitrogens is 1. The van der Waals surface area contributed by atoms with Crippen molar-refractivity contribution in [2.75, 3.05) is 5.32 Å². The third-order valence-corrected chi connectivity index (χ3v) is 2.98. The Morgan fingerprint density at radius 1 is 1.05 bits per heavy atom. The first-order chi connectivity index (χ1) is 9.81. The van der Waals surface area contributed by atoms with Crippen molar-refractivity contribution in [3.8, 4) is 0 Å². The first-order valence-corrected chi connectivity index (χ1v) is 6.37. The molecule has 100 valence electrons. The molecule has 0 fully saturated rings. The Bertz CT molecular complexity index is 686. The second-order valence-corrected chi connectivity index (χ2v) is 4.46. The summed E-state index contributed by atoms with van der Waals surface area (Å²) < 4.78 is 5.16. The Labute approximate surface area is 116 Å². The number of para-hydroxylation sites is 1. The summed E-state index contributed by atoms with van der Waals surface area (Å²) in [6.07, 6.45) is -0.472. The van der Waals surface area contributed by atoms with E-state index in [9.17, 15) is 4.79 Å². The molecule has 3 rings (SSSR count). The third kappa shape index (κ3) is 2.80. The van der Waals surface area contributed by atoms with Gasteiger partial charge in [-0.15, -0.1) is 0 Å². The van der Waals surface area contributed by atoms with E-state index in [1.807, 2.05) is 60.7 Å². The third-order valence-electron chi connectivity index (χ3n) is 2.98. The highest BCUT2D eigenvalue weighted by atomic mass is 16.5. The molecule has 20 heavy (non-hydrogen) atoms. The van der Waals surface area contributed by atoms with E-state index in [1.165, 1.54) is 0 Å². The quantitative estimate of drug-likeness (QED) is 0.755. The Kier molecular flexibility index (Phi) is 3.37. The van der Waals surface area contributed by atoms with Gasteiger partial charge >= 0.3 is 6.09 Å². The average molecular weight is 266 g/mol. The maximum atomic E-state index is 11.7. The minimum Gasteiger partial charge on any atom is -0.444 e. The summed E-state index contributed by atoms with van der Waals surface area (Å²) >= 11 is 0. The Morgan fingerprint density at radius 2 is 1.80 bits per heavy atom. The molecule has 0 spiro atoms. The van der Waals surface area contributed by atoms with Crippen molar-refractivity contribution < 1.29 is 9.53 Å². The van der Waals surface area contributed by atoms with Crippen LogP contribution >= 0.6 is 0 Å². The number of rotatable bonds is 3. The molecule has 0 bridgehead atoms. The number of ether oxygens (including phenoxy) is 1. The molecule has 4 nitrogen and oxygen atoms in total. The van der Waals surface area contributed by atoms with Crippen molar-refractivity contribution in [1.29, 1.82) is 0 Å². The van der Waals surface area contributed by atoms with E-state index in [2.05, 4.69) is 10.3 Å². The number of anilines is 1. The van der Waals surface area contributed by atoms with Crippen LogP contribution in [-0.2, 0) is 11.3 Å². The van der Waals surface area contributed by atoms with Gasteiger partial charge in [0.2, 0.25) is 0 Å². The van der Waals surface area contributed by atoms with Gasteiger partial charge < -0.3 is 9.72 Å². The van der Waals surface area contributed by atoms with Crippen LogP contribution < -0.4 is 5.32 Å². The van der Waals surface area contributed by atoms with Gasteiger partial charge in [-0.25, -0.2) is 4.79 Å². The molecular weight excluding hydrogens is 252 g/mol. The Hall–Kier alpha value is -2.75. The van der Waals surface area contributed by atoms with Crippen LogP contribution in [0.2, 0.25) is 0 Å². The molecule has 0 radical (unpaired) electrons. The largest absolute Gasteiger partial charge is 0.444 e. The van der Waals surface area contributed by atoms with Crippen LogP contribution in [0.1, 0.15) is 5.56 Å². The molecule has 1 heterocycles. The van der Waals surface area contributed by atoms with Crippen molar-refractivity contribution in [2.45, 2.75) is 6.61 Å². The number of nitrogens with one attached hydrogen (secondary N) is 2. The van der Waals surface area contributed by atoms with Gasteiger partial charge in [-0.3, -0.25) is 5.32 Å². The average Bonchev–Trinajstić information content (AvgIpc) is 2.88. The van der Waals surface area contributed by atoms with Gasteiger partial charge in [-0.2, -0.15) is 0 Å². The van der Waals surface area contributed by atoms with Crippen molar-refractivity contribution in [1.82, 2.24) is 4.98 Å². The lowest BCUT2D eigenvalue weighted by Gasteiger charge is -2.05. The standard InChI is InChI=1S/C16H14N2O2/c19-16(20-11-12-6-2-1-3-7-12)18-15-10-13-8-4-5-9-14(13)17-15/h1-10,17H,11H2,(H,18,19). The fourth-order valence-electron chi connectivity index (χ4n) is 2.01. The van der Waals surface area contributed by atoms with Crippen LogP contribution in [0.25, 0.3) is 10.9 Å². The smallest absolute Gasteiger partial charge is 0.413 e. The lowest BCUT2D eigenvalue weighted by Crippen LogP contribution is -2.13. The molecule has 0 saturated heterocycles. The van der Waals surface area contributed by atoms with Crippen LogP contribution in [0.5, 0.6) is 0 Å². The van der Waals surface area contributed by atoms with Gasteiger partial charge in [0.1, 0.15) is 12.4 Å². The minimum absolute atomic E-state index is 0.257. The fraction of sp³-hybridized carbons (Fsp3) is 0.0625. The fourth-order valence-corrected chi connectivity index (χ4v) is 2.01. The molecule has 0 aliphatic rings. The number of amides is 1. The van der Waals surface area contributed by atoms with Crippen molar-refractivity contribution in [3.05, 3.63) is 66.2 Å². The number of aromatic amines is 1. The molecule has 0 unspecified atom stereocenters. The highest BCUT2D eigenvalue weighted by Crippen LogP contribution is 2.18. The van der Waals surface area contributed by atoms with Crippen molar-refractivity contribution in [3.63, 3.8) is 0 Å². The van der Waals surface area contributed by atoms with Gasteiger partial charge in [0.05, 0.1) is 0 Å². The van der Waals surface area contributed by atoms with Crippen LogP contribution in [0, 0.1) is 0 Å². The lowest BCUT2D eigenvalue weighted by atomic mass is 10.2. The van der Waals surface area contributed by atoms with Gasteiger partial charge in [-0.05, 0) is 17.7 Å². The first-order valence-electron chi connectivity index (χ1n) is 6.37. The molecular formula is C16H14N2O2. The van der Waals surface area contributed by atoms with Crippen LogP contribution in [0.4, 0.5) is 10.6 Å². The van der Waals surface area contributed by atoms with E-state index >= 15 is 0 Å². The van der Waals surface area contributed by atoms with E-state index in [0.717, 1.165) is 16.5 Å². The predicted octanol–water partition coefficient (Wildman–Crippen LogP) is 3.92. The maximum Gasteiger partial charge on any atom is 0.413 e. The Morgan fingerprint density at radius 3 is 2.60 bits per heavy atom. The minimum atomic E-state index is -0.472. The van der Waals surface area contributed by atoms with Gasteiger partial charge in [0, 0.05) is 10.9 Å². The zero-order chi connectivity index (χ0) is 13.8. The molecule has 2 N–H and O–H groups in total. The zero-order valence-electron chi connectivity index (χ0n) is 10.8. The molecule has 0 atom stereocenters. The molecule has 0 aliphatic carbocycles. The van der Waals surface area contributed by atoms with Gasteiger partial charge in [0.25, 0.3) is 0 Å². The van der Waals surface area contributed by atoms with Crippen molar-refractivity contribution >= 4 is 22.8 Å². The summed E-state index contributed by atoms with van der Waals surface area (Å²) in [5, 5.41) is 3.73. The normalized spacial score (nSPS) is 10.4.